The Morgan fingerprint density at radius 1 is 1.46 bits per heavy atom. The summed E-state index contributed by atoms with van der Waals surface area (Å²) in [5.41, 5.74) is 6.13. The average Bonchev–Trinajstić information content (AvgIpc) is 2.04. The van der Waals surface area contributed by atoms with Crippen LogP contribution in [0.15, 0.2) is 12.1 Å². The summed E-state index contributed by atoms with van der Waals surface area (Å²) in [5, 5.41) is 7.60. The Hall–Kier alpha value is -1.45. The van der Waals surface area contributed by atoms with Gasteiger partial charge in [-0.05, 0) is 24.5 Å². The van der Waals surface area contributed by atoms with Gasteiger partial charge < -0.3 is 5.73 Å². The van der Waals surface area contributed by atoms with Crippen LogP contribution in [0.2, 0.25) is 0 Å². The smallest absolute Gasteiger partial charge is 0.269 e. The van der Waals surface area contributed by atoms with E-state index in [1.165, 1.54) is 0 Å². The van der Waals surface area contributed by atoms with Crippen LogP contribution in [0.25, 0.3) is 0 Å². The van der Waals surface area contributed by atoms with Gasteiger partial charge in [0.25, 0.3) is 5.91 Å². The van der Waals surface area contributed by atoms with Crippen molar-refractivity contribution in [2.24, 2.45) is 11.7 Å². The van der Waals surface area contributed by atoms with Crippen molar-refractivity contribution < 1.29 is 4.79 Å². The van der Waals surface area contributed by atoms with Gasteiger partial charge in [-0.2, -0.15) is 5.10 Å². The van der Waals surface area contributed by atoms with E-state index in [-0.39, 0.29) is 5.69 Å². The van der Waals surface area contributed by atoms with E-state index in [2.05, 4.69) is 24.0 Å². The van der Waals surface area contributed by atoms with E-state index >= 15 is 0 Å². The average molecular weight is 179 g/mol. The van der Waals surface area contributed by atoms with Gasteiger partial charge in [-0.15, -0.1) is 5.10 Å². The summed E-state index contributed by atoms with van der Waals surface area (Å²) in [5.74, 6) is -0.00248. The molecule has 2 N–H and O–H groups in total. The number of carbonyl (C=O) groups excluding carboxylic acids is 1. The highest BCUT2D eigenvalue weighted by Crippen LogP contribution is 2.03. The van der Waals surface area contributed by atoms with Gasteiger partial charge in [-0.1, -0.05) is 13.8 Å². The number of carbonyl (C=O) groups is 1. The molecule has 0 unspecified atom stereocenters. The lowest BCUT2D eigenvalue weighted by atomic mass is 10.1. The second-order valence-corrected chi connectivity index (χ2v) is 3.37. The summed E-state index contributed by atoms with van der Waals surface area (Å²) in [4.78, 5) is 10.7. The van der Waals surface area contributed by atoms with Crippen molar-refractivity contribution in [3.63, 3.8) is 0 Å². The minimum Gasteiger partial charge on any atom is -0.364 e. The minimum atomic E-state index is -0.538. The molecule has 4 heteroatoms. The second kappa shape index (κ2) is 3.98. The monoisotopic (exact) mass is 179 g/mol. The molecule has 0 atom stereocenters. The number of hydrogen-bond donors (Lipinski definition) is 1. The van der Waals surface area contributed by atoms with E-state index in [4.69, 9.17) is 5.73 Å². The second-order valence-electron chi connectivity index (χ2n) is 3.37. The summed E-state index contributed by atoms with van der Waals surface area (Å²) in [6.07, 6.45) is 0.867. The predicted octanol–water partition coefficient (Wildman–Crippen LogP) is 0.774. The molecule has 0 aliphatic rings. The Labute approximate surface area is 77.2 Å². The fraction of sp³-hybridized carbons (Fsp3) is 0.444. The number of primary amides is 1. The molecule has 0 radical (unpaired) electrons. The topological polar surface area (TPSA) is 68.9 Å². The lowest BCUT2D eigenvalue weighted by Crippen LogP contribution is -2.14. The Balaban J connectivity index is 2.75. The lowest BCUT2D eigenvalue weighted by Gasteiger charge is -2.02. The molecule has 1 aromatic heterocycles. The van der Waals surface area contributed by atoms with E-state index in [9.17, 15) is 4.79 Å². The third kappa shape index (κ3) is 2.82. The highest BCUT2D eigenvalue weighted by molar-refractivity contribution is 5.90. The molecule has 0 fully saturated rings. The van der Waals surface area contributed by atoms with Crippen LogP contribution in [0, 0.1) is 5.92 Å². The van der Waals surface area contributed by atoms with Gasteiger partial charge in [0, 0.05) is 0 Å². The molecule has 13 heavy (non-hydrogen) atoms. The molecule has 70 valence electrons. The number of nitrogens with two attached hydrogens (primary N) is 1. The van der Waals surface area contributed by atoms with Crippen LogP contribution in [-0.4, -0.2) is 16.1 Å². The van der Waals surface area contributed by atoms with Gasteiger partial charge in [-0.25, -0.2) is 0 Å². The van der Waals surface area contributed by atoms with Gasteiger partial charge in [0.05, 0.1) is 5.69 Å². The van der Waals surface area contributed by atoms with Crippen molar-refractivity contribution in [2.75, 3.05) is 0 Å². The molecule has 0 bridgehead atoms. The molecule has 1 amide bonds. The summed E-state index contributed by atoms with van der Waals surface area (Å²) in [7, 11) is 0. The zero-order chi connectivity index (χ0) is 9.84. The molecule has 1 heterocycles. The van der Waals surface area contributed by atoms with Crippen LogP contribution >= 0.6 is 0 Å². The van der Waals surface area contributed by atoms with Crippen molar-refractivity contribution in [1.82, 2.24) is 10.2 Å². The highest BCUT2D eigenvalue weighted by atomic mass is 16.1. The largest absolute Gasteiger partial charge is 0.364 e. The maximum atomic E-state index is 10.7. The Morgan fingerprint density at radius 2 is 2.15 bits per heavy atom. The molecule has 0 spiro atoms. The first-order chi connectivity index (χ1) is 6.09. The van der Waals surface area contributed by atoms with Crippen LogP contribution in [0.5, 0.6) is 0 Å². The number of rotatable bonds is 3. The van der Waals surface area contributed by atoms with E-state index in [0.29, 0.717) is 5.92 Å². The van der Waals surface area contributed by atoms with Gasteiger partial charge in [-0.3, -0.25) is 4.79 Å². The van der Waals surface area contributed by atoms with Crippen molar-refractivity contribution in [3.05, 3.63) is 23.5 Å². The van der Waals surface area contributed by atoms with E-state index in [1.807, 2.05) is 0 Å². The number of nitrogens with zero attached hydrogens (tertiary/aromatic N) is 2. The molecule has 0 aliphatic carbocycles. The quantitative estimate of drug-likeness (QED) is 0.745. The van der Waals surface area contributed by atoms with Crippen LogP contribution in [0.4, 0.5) is 0 Å². The van der Waals surface area contributed by atoms with Crippen molar-refractivity contribution in [1.29, 1.82) is 0 Å². The molecule has 4 nitrogen and oxygen atoms in total. The fourth-order valence-electron chi connectivity index (χ4n) is 1.02. The van der Waals surface area contributed by atoms with Crippen molar-refractivity contribution in [2.45, 2.75) is 20.3 Å². The Bertz CT molecular complexity index is 292. The van der Waals surface area contributed by atoms with Crippen LogP contribution in [0.3, 0.4) is 0 Å². The van der Waals surface area contributed by atoms with E-state index < -0.39 is 5.91 Å². The number of amides is 1. The van der Waals surface area contributed by atoms with E-state index in [1.54, 1.807) is 12.1 Å². The minimum absolute atomic E-state index is 0.215. The summed E-state index contributed by atoms with van der Waals surface area (Å²) < 4.78 is 0. The first-order valence-electron chi connectivity index (χ1n) is 4.22. The SMILES string of the molecule is CC(C)Cc1ccc(C(N)=O)nn1. The van der Waals surface area contributed by atoms with Crippen LogP contribution in [-0.2, 0) is 6.42 Å². The fourth-order valence-corrected chi connectivity index (χ4v) is 1.02. The molecule has 0 saturated carbocycles. The summed E-state index contributed by atoms with van der Waals surface area (Å²) in [6, 6.07) is 3.39. The van der Waals surface area contributed by atoms with Crippen LogP contribution in [0.1, 0.15) is 30.0 Å². The highest BCUT2D eigenvalue weighted by Gasteiger charge is 2.03. The summed E-state index contributed by atoms with van der Waals surface area (Å²) >= 11 is 0. The molecular weight excluding hydrogens is 166 g/mol. The predicted molar refractivity (Wildman–Crippen MR) is 49.1 cm³/mol. The first-order valence-corrected chi connectivity index (χ1v) is 4.22. The molecular formula is C9H13N3O. The molecule has 0 aliphatic heterocycles. The van der Waals surface area contributed by atoms with Crippen molar-refractivity contribution in [3.8, 4) is 0 Å². The van der Waals surface area contributed by atoms with Gasteiger partial charge in [0.1, 0.15) is 0 Å². The molecule has 1 aromatic rings. The zero-order valence-corrected chi connectivity index (χ0v) is 7.82. The van der Waals surface area contributed by atoms with E-state index in [0.717, 1.165) is 12.1 Å². The zero-order valence-electron chi connectivity index (χ0n) is 7.82. The summed E-state index contributed by atoms with van der Waals surface area (Å²) in [6.45, 7) is 4.20. The lowest BCUT2D eigenvalue weighted by molar-refractivity contribution is 0.0994. The third-order valence-corrected chi connectivity index (χ3v) is 1.59. The standard InChI is InChI=1S/C9H13N3O/c1-6(2)5-7-3-4-8(9(10)13)12-11-7/h3-4,6H,5H2,1-2H3,(H2,10,13). The Morgan fingerprint density at radius 3 is 2.54 bits per heavy atom. The molecule has 1 rings (SSSR count). The maximum Gasteiger partial charge on any atom is 0.269 e. The normalized spacial score (nSPS) is 10.4. The van der Waals surface area contributed by atoms with Gasteiger partial charge >= 0.3 is 0 Å². The maximum absolute atomic E-state index is 10.7. The molecule has 0 aromatic carbocycles. The van der Waals surface area contributed by atoms with Crippen LogP contribution < -0.4 is 5.73 Å². The Kier molecular flexibility index (Phi) is 2.95. The number of aromatic nitrogens is 2. The van der Waals surface area contributed by atoms with Gasteiger partial charge in [0.15, 0.2) is 5.69 Å². The number of hydrogen-bond acceptors (Lipinski definition) is 3. The van der Waals surface area contributed by atoms with Crippen molar-refractivity contribution >= 4 is 5.91 Å². The van der Waals surface area contributed by atoms with Gasteiger partial charge in [0.2, 0.25) is 0 Å². The first kappa shape index (κ1) is 9.64. The third-order valence-electron chi connectivity index (χ3n) is 1.59. The molecule has 0 saturated heterocycles.